The highest BCUT2D eigenvalue weighted by molar-refractivity contribution is 6.33. The highest BCUT2D eigenvalue weighted by Gasteiger charge is 2.41. The molecule has 3 N–H and O–H groups in total. The highest BCUT2D eigenvalue weighted by Crippen LogP contribution is 2.34. The van der Waals surface area contributed by atoms with E-state index >= 15 is 0 Å². The lowest BCUT2D eigenvalue weighted by Gasteiger charge is -2.47. The van der Waals surface area contributed by atoms with Crippen molar-refractivity contribution >= 4 is 69.4 Å². The minimum atomic E-state index is -0.651. The second kappa shape index (κ2) is 17.7. The van der Waals surface area contributed by atoms with Crippen LogP contribution >= 0.6 is 11.6 Å². The summed E-state index contributed by atoms with van der Waals surface area (Å²) in [6.07, 6.45) is 6.33. The maximum atomic E-state index is 13.2. The van der Waals surface area contributed by atoms with E-state index in [1.807, 2.05) is 44.2 Å². The van der Waals surface area contributed by atoms with Gasteiger partial charge in [-0.15, -0.1) is 0 Å². The number of anilines is 4. The van der Waals surface area contributed by atoms with Crippen molar-refractivity contribution in [2.24, 2.45) is 0 Å². The number of aromatic nitrogens is 4. The number of imide groups is 1. The Kier molecular flexibility index (Phi) is 11.9. The molecule has 4 fully saturated rings. The van der Waals surface area contributed by atoms with Crippen LogP contribution in [0.5, 0.6) is 5.75 Å². The first-order valence-corrected chi connectivity index (χ1v) is 22.2. The summed E-state index contributed by atoms with van der Waals surface area (Å²) in [6.45, 7) is 8.88. The molecule has 4 aromatic rings. The first-order valence-electron chi connectivity index (χ1n) is 21.8. The van der Waals surface area contributed by atoms with Gasteiger partial charge in [0.25, 0.3) is 17.4 Å². The zero-order chi connectivity index (χ0) is 43.9. The lowest BCUT2D eigenvalue weighted by Crippen LogP contribution is -2.56. The monoisotopic (exact) mass is 881 g/mol. The summed E-state index contributed by atoms with van der Waals surface area (Å²) in [5, 5.41) is 9.31. The predicted molar refractivity (Wildman–Crippen MR) is 236 cm³/mol. The molecule has 0 unspecified atom stereocenters. The maximum absolute atomic E-state index is 13.2. The van der Waals surface area contributed by atoms with Crippen molar-refractivity contribution in [2.45, 2.75) is 89.3 Å². The van der Waals surface area contributed by atoms with Gasteiger partial charge in [0, 0.05) is 75.9 Å². The third-order valence-corrected chi connectivity index (χ3v) is 13.1. The number of carbonyl (C=O) groups is 4. The molecule has 63 heavy (non-hydrogen) atoms. The topological polar surface area (TPSA) is 196 Å². The van der Waals surface area contributed by atoms with Crippen LogP contribution in [-0.2, 0) is 25.7 Å². The van der Waals surface area contributed by atoms with Crippen molar-refractivity contribution in [1.82, 2.24) is 40.0 Å². The summed E-state index contributed by atoms with van der Waals surface area (Å²) in [5.74, 6) is 0.723. The van der Waals surface area contributed by atoms with E-state index in [2.05, 4.69) is 35.6 Å². The van der Waals surface area contributed by atoms with Crippen LogP contribution in [0, 0.1) is 0 Å². The Bertz CT molecular complexity index is 2500. The molecular formula is C44H52ClN11O7. The lowest BCUT2D eigenvalue weighted by atomic mass is 9.87. The van der Waals surface area contributed by atoms with Gasteiger partial charge >= 0.3 is 0 Å². The molecule has 19 heteroatoms. The van der Waals surface area contributed by atoms with E-state index in [0.29, 0.717) is 46.2 Å². The number of hydrogen-bond acceptors (Lipinski definition) is 14. The van der Waals surface area contributed by atoms with Gasteiger partial charge in [0.05, 0.1) is 41.7 Å². The Balaban J connectivity index is 0.739. The third kappa shape index (κ3) is 8.75. The number of halogens is 1. The number of fused-ring (bicyclic) bond motifs is 2. The van der Waals surface area contributed by atoms with E-state index in [0.717, 1.165) is 81.7 Å². The van der Waals surface area contributed by atoms with Gasteiger partial charge in [-0.1, -0.05) is 11.6 Å². The molecule has 1 aromatic carbocycles. The van der Waals surface area contributed by atoms with Crippen molar-refractivity contribution < 1.29 is 28.7 Å². The van der Waals surface area contributed by atoms with Gasteiger partial charge < -0.3 is 39.4 Å². The fourth-order valence-corrected chi connectivity index (χ4v) is 9.43. The first-order chi connectivity index (χ1) is 30.4. The van der Waals surface area contributed by atoms with E-state index in [4.69, 9.17) is 31.0 Å². The second-order valence-corrected chi connectivity index (χ2v) is 17.6. The van der Waals surface area contributed by atoms with Crippen LogP contribution in [0.25, 0.3) is 10.9 Å². The van der Waals surface area contributed by atoms with E-state index in [1.54, 1.807) is 16.8 Å². The molecule has 4 aliphatic heterocycles. The van der Waals surface area contributed by atoms with Crippen LogP contribution in [0.2, 0.25) is 5.02 Å². The molecular weight excluding hydrogens is 830 g/mol. The average Bonchev–Trinajstić information content (AvgIpc) is 3.59. The van der Waals surface area contributed by atoms with Crippen LogP contribution in [0.15, 0.2) is 47.4 Å². The van der Waals surface area contributed by atoms with Gasteiger partial charge in [-0.25, -0.2) is 9.97 Å². The number of amides is 4. The van der Waals surface area contributed by atoms with Crippen molar-refractivity contribution in [1.29, 1.82) is 0 Å². The summed E-state index contributed by atoms with van der Waals surface area (Å²) >= 11 is 6.60. The van der Waals surface area contributed by atoms with Crippen LogP contribution in [0.4, 0.5) is 23.3 Å². The number of carbonyl (C=O) groups excluding carboxylic acids is 4. The van der Waals surface area contributed by atoms with Gasteiger partial charge in [0.1, 0.15) is 16.9 Å². The number of piperidine rings is 2. The Hall–Kier alpha value is -5.85. The Morgan fingerprint density at radius 3 is 2.44 bits per heavy atom. The number of benzene rings is 1. The molecule has 0 spiro atoms. The van der Waals surface area contributed by atoms with Gasteiger partial charge in [-0.3, -0.25) is 34.2 Å². The van der Waals surface area contributed by atoms with Crippen molar-refractivity contribution in [3.8, 4) is 5.75 Å². The molecule has 9 rings (SSSR count). The smallest absolute Gasteiger partial charge is 0.293 e. The number of likely N-dealkylation sites (N-methyl/N-ethyl adjacent to an activating group) is 1. The van der Waals surface area contributed by atoms with Crippen molar-refractivity contribution in [2.75, 3.05) is 68.0 Å². The van der Waals surface area contributed by atoms with E-state index in [1.165, 1.54) is 11.9 Å². The average molecular weight is 882 g/mol. The zero-order valence-corrected chi connectivity index (χ0v) is 36.4. The van der Waals surface area contributed by atoms with Crippen LogP contribution in [-0.4, -0.2) is 130 Å². The largest absolute Gasteiger partial charge is 0.478 e. The fourth-order valence-electron chi connectivity index (χ4n) is 9.29. The quantitative estimate of drug-likeness (QED) is 0.175. The lowest BCUT2D eigenvalue weighted by molar-refractivity contribution is -0.137. The minimum absolute atomic E-state index is 0.0921. The molecule has 18 nitrogen and oxygen atoms in total. The summed E-state index contributed by atoms with van der Waals surface area (Å²) in [4.78, 5) is 85.0. The standard InChI is InChI=1S/C44H52ClN11O7/c1-25(2)56-34-6-4-27(18-26(34)19-36(43(56)61)62-24-39(58)46-3)48-40-32(45)22-47-44(51-40)54-12-10-29(11-13-54)63-30-20-28(21-30)52-14-16-53(17-15-52)37-8-5-31-33(49-37)23-55(42(31)60)35-7-9-38(57)50-41(35)59/h4-6,8,18-19,22,25,28-30,35H,7,9-17,20-21,23-24H2,1-3H3,(H,46,58)(H,47,48,51)(H,50,57,59)/t28?,30?,35-/m1/s1. The van der Waals surface area contributed by atoms with Crippen LogP contribution in [0.3, 0.4) is 0 Å². The van der Waals surface area contributed by atoms with Crippen LogP contribution < -0.4 is 36.0 Å². The molecule has 0 radical (unpaired) electrons. The Morgan fingerprint density at radius 2 is 1.71 bits per heavy atom. The minimum Gasteiger partial charge on any atom is -0.478 e. The molecule has 1 aliphatic carbocycles. The Labute approximate surface area is 369 Å². The van der Waals surface area contributed by atoms with Crippen molar-refractivity contribution in [3.05, 3.63) is 69.2 Å². The molecule has 1 atom stereocenters. The number of piperazine rings is 1. The second-order valence-electron chi connectivity index (χ2n) is 17.2. The van der Waals surface area contributed by atoms with Crippen molar-refractivity contribution in [3.63, 3.8) is 0 Å². The number of nitrogens with one attached hydrogen (secondary N) is 3. The maximum Gasteiger partial charge on any atom is 0.293 e. The molecule has 332 valence electrons. The molecule has 3 aromatic heterocycles. The van der Waals surface area contributed by atoms with Crippen LogP contribution in [0.1, 0.15) is 74.5 Å². The summed E-state index contributed by atoms with van der Waals surface area (Å²) in [5.41, 5.74) is 2.35. The number of nitrogens with zero attached hydrogens (tertiary/aromatic N) is 8. The summed E-state index contributed by atoms with van der Waals surface area (Å²) in [6, 6.07) is 10.7. The summed E-state index contributed by atoms with van der Waals surface area (Å²) in [7, 11) is 1.51. The third-order valence-electron chi connectivity index (χ3n) is 12.8. The number of hydrogen-bond donors (Lipinski definition) is 3. The molecule has 3 saturated heterocycles. The number of ether oxygens (including phenoxy) is 2. The molecule has 4 amide bonds. The first kappa shape index (κ1) is 42.5. The zero-order valence-electron chi connectivity index (χ0n) is 35.6. The Morgan fingerprint density at radius 1 is 0.937 bits per heavy atom. The van der Waals surface area contributed by atoms with Gasteiger partial charge in [0.15, 0.2) is 18.2 Å². The van der Waals surface area contributed by atoms with E-state index < -0.39 is 11.9 Å². The van der Waals surface area contributed by atoms with Gasteiger partial charge in [-0.05, 0) is 82.3 Å². The molecule has 0 bridgehead atoms. The predicted octanol–water partition coefficient (Wildman–Crippen LogP) is 3.39. The highest BCUT2D eigenvalue weighted by atomic mass is 35.5. The molecule has 5 aliphatic rings. The summed E-state index contributed by atoms with van der Waals surface area (Å²) < 4.78 is 13.9. The van der Waals surface area contributed by atoms with E-state index in [9.17, 15) is 24.0 Å². The van der Waals surface area contributed by atoms with Gasteiger partial charge in [0.2, 0.25) is 17.8 Å². The normalized spacial score (nSPS) is 22.0. The fraction of sp³-hybridized carbons (Fsp3) is 0.500. The number of pyridine rings is 2. The number of rotatable bonds is 12. The van der Waals surface area contributed by atoms with Gasteiger partial charge in [-0.2, -0.15) is 4.98 Å². The SMILES string of the molecule is CNC(=O)COc1cc2cc(Nc3nc(N4CCC(OC5CC(N6CCN(c7ccc8c(n7)CN([C@@H]7CCC(=O)NC7=O)C8=O)CC6)C5)CC4)ncc3Cl)ccc2n(C(C)C)c1=O. The molecule has 7 heterocycles. The molecule has 1 saturated carbocycles. The van der Waals surface area contributed by atoms with E-state index in [-0.39, 0.29) is 66.9 Å².